The van der Waals surface area contributed by atoms with Gasteiger partial charge >= 0.3 is 0 Å². The summed E-state index contributed by atoms with van der Waals surface area (Å²) in [4.78, 5) is 2.63. The van der Waals surface area contributed by atoms with Crippen LogP contribution in [0.25, 0.3) is 0 Å². The molecule has 0 amide bonds. The minimum atomic E-state index is 0.702. The molecular formula is C11H25N2+. The van der Waals surface area contributed by atoms with Crippen molar-refractivity contribution in [3.05, 3.63) is 0 Å². The molecule has 0 spiro atoms. The highest BCUT2D eigenvalue weighted by Crippen LogP contribution is 2.23. The van der Waals surface area contributed by atoms with Crippen molar-refractivity contribution in [1.29, 1.82) is 0 Å². The van der Waals surface area contributed by atoms with Gasteiger partial charge in [-0.25, -0.2) is 4.90 Å². The van der Waals surface area contributed by atoms with Crippen molar-refractivity contribution in [2.24, 2.45) is 0 Å². The van der Waals surface area contributed by atoms with Gasteiger partial charge in [0.2, 0.25) is 0 Å². The Bertz CT molecular complexity index is 161. The molecule has 1 fully saturated rings. The van der Waals surface area contributed by atoms with Gasteiger partial charge in [-0.05, 0) is 34.6 Å². The Labute approximate surface area is 83.1 Å². The summed E-state index contributed by atoms with van der Waals surface area (Å²) in [6.07, 6.45) is 0. The van der Waals surface area contributed by atoms with E-state index in [4.69, 9.17) is 0 Å². The van der Waals surface area contributed by atoms with Crippen LogP contribution in [0, 0.1) is 0 Å². The number of hydrogen-bond acceptors (Lipinski definition) is 1. The zero-order valence-corrected chi connectivity index (χ0v) is 9.88. The molecule has 0 bridgehead atoms. The van der Waals surface area contributed by atoms with Gasteiger partial charge in [0.05, 0.1) is 25.7 Å². The largest absolute Gasteiger partial charge is 0.310 e. The zero-order valence-electron chi connectivity index (χ0n) is 9.88. The Morgan fingerprint density at radius 1 is 1.31 bits per heavy atom. The fourth-order valence-electron chi connectivity index (χ4n) is 2.56. The van der Waals surface area contributed by atoms with Crippen LogP contribution in [0.1, 0.15) is 34.6 Å². The molecule has 1 heterocycles. The van der Waals surface area contributed by atoms with Crippen LogP contribution in [0.3, 0.4) is 0 Å². The van der Waals surface area contributed by atoms with Crippen molar-refractivity contribution in [2.45, 2.75) is 46.7 Å². The van der Waals surface area contributed by atoms with Crippen LogP contribution in [0.15, 0.2) is 0 Å². The fourth-order valence-corrected chi connectivity index (χ4v) is 2.56. The van der Waals surface area contributed by atoms with E-state index in [0.29, 0.717) is 6.04 Å². The molecule has 0 aromatic carbocycles. The van der Waals surface area contributed by atoms with Gasteiger partial charge in [-0.1, -0.05) is 0 Å². The quantitative estimate of drug-likeness (QED) is 0.607. The normalized spacial score (nSPS) is 28.6. The minimum Gasteiger partial charge on any atom is -0.310 e. The predicted octanol–water partition coefficient (Wildman–Crippen LogP) is 1.91. The smallest absolute Gasteiger partial charge is 0.135 e. The van der Waals surface area contributed by atoms with Crippen molar-refractivity contribution >= 4 is 0 Å². The van der Waals surface area contributed by atoms with E-state index in [0.717, 1.165) is 6.04 Å². The summed E-state index contributed by atoms with van der Waals surface area (Å²) in [5.41, 5.74) is 0. The number of hydrogen-bond donors (Lipinski definition) is 0. The van der Waals surface area contributed by atoms with Crippen LogP contribution in [0.5, 0.6) is 0 Å². The van der Waals surface area contributed by atoms with Gasteiger partial charge in [0.1, 0.15) is 6.67 Å². The molecule has 0 aromatic heterocycles. The highest BCUT2D eigenvalue weighted by molar-refractivity contribution is 4.74. The lowest BCUT2D eigenvalue weighted by Gasteiger charge is -2.32. The van der Waals surface area contributed by atoms with E-state index in [1.54, 1.807) is 0 Å². The molecule has 1 atom stereocenters. The first-order valence-corrected chi connectivity index (χ1v) is 5.65. The van der Waals surface area contributed by atoms with Crippen LogP contribution in [-0.4, -0.2) is 47.8 Å². The lowest BCUT2D eigenvalue weighted by atomic mass is 10.2. The Balaban J connectivity index is 2.67. The van der Waals surface area contributed by atoms with Crippen LogP contribution in [-0.2, 0) is 0 Å². The minimum absolute atomic E-state index is 0.702. The van der Waals surface area contributed by atoms with E-state index in [1.807, 2.05) is 0 Å². The molecule has 1 rings (SSSR count). The SMILES string of the molecule is CC[N+]1(CC)CC(C)N(C(C)C)C1. The summed E-state index contributed by atoms with van der Waals surface area (Å²) < 4.78 is 1.29. The maximum atomic E-state index is 2.63. The monoisotopic (exact) mass is 185 g/mol. The predicted molar refractivity (Wildman–Crippen MR) is 57.5 cm³/mol. The molecule has 0 saturated carbocycles. The molecule has 0 N–H and O–H groups in total. The van der Waals surface area contributed by atoms with Gasteiger partial charge in [-0.2, -0.15) is 0 Å². The molecule has 2 heteroatoms. The second-order valence-corrected chi connectivity index (χ2v) is 4.76. The third-order valence-electron chi connectivity index (χ3n) is 3.69. The number of nitrogens with zero attached hydrogens (tertiary/aromatic N) is 2. The first kappa shape index (κ1) is 11.0. The Morgan fingerprint density at radius 2 is 1.85 bits per heavy atom. The highest BCUT2D eigenvalue weighted by Gasteiger charge is 2.39. The van der Waals surface area contributed by atoms with Crippen molar-refractivity contribution in [3.63, 3.8) is 0 Å². The zero-order chi connectivity index (χ0) is 10.1. The van der Waals surface area contributed by atoms with Crippen LogP contribution < -0.4 is 0 Å². The third kappa shape index (κ3) is 2.05. The Kier molecular flexibility index (Phi) is 3.36. The summed E-state index contributed by atoms with van der Waals surface area (Å²) in [6.45, 7) is 16.8. The van der Waals surface area contributed by atoms with Gasteiger partial charge in [-0.3, -0.25) is 0 Å². The summed E-state index contributed by atoms with van der Waals surface area (Å²) in [5, 5.41) is 0. The van der Waals surface area contributed by atoms with Crippen LogP contribution >= 0.6 is 0 Å². The lowest BCUT2D eigenvalue weighted by Crippen LogP contribution is -2.47. The average Bonchev–Trinajstić information content (AvgIpc) is 2.44. The van der Waals surface area contributed by atoms with E-state index in [9.17, 15) is 0 Å². The van der Waals surface area contributed by atoms with E-state index in [2.05, 4.69) is 39.5 Å². The first-order chi connectivity index (χ1) is 6.04. The molecule has 78 valence electrons. The standard InChI is InChI=1S/C11H25N2/c1-6-13(7-2)8-11(5)12(9-13)10(3)4/h10-11H,6-9H2,1-5H3/q+1. The van der Waals surface area contributed by atoms with Crippen molar-refractivity contribution < 1.29 is 4.48 Å². The molecule has 2 nitrogen and oxygen atoms in total. The van der Waals surface area contributed by atoms with E-state index < -0.39 is 0 Å². The van der Waals surface area contributed by atoms with Crippen molar-refractivity contribution in [1.82, 2.24) is 4.90 Å². The van der Waals surface area contributed by atoms with Gasteiger partial charge in [0, 0.05) is 6.04 Å². The van der Waals surface area contributed by atoms with Crippen molar-refractivity contribution in [3.8, 4) is 0 Å². The summed E-state index contributed by atoms with van der Waals surface area (Å²) >= 11 is 0. The second-order valence-electron chi connectivity index (χ2n) is 4.76. The molecule has 0 aromatic rings. The topological polar surface area (TPSA) is 3.24 Å². The summed E-state index contributed by atoms with van der Waals surface area (Å²) in [5.74, 6) is 0. The number of quaternary nitrogens is 1. The first-order valence-electron chi connectivity index (χ1n) is 5.65. The molecule has 1 aliphatic rings. The van der Waals surface area contributed by atoms with Crippen molar-refractivity contribution in [2.75, 3.05) is 26.3 Å². The molecule has 0 aliphatic carbocycles. The number of likely N-dealkylation sites (N-methyl/N-ethyl adjacent to an activating group) is 1. The van der Waals surface area contributed by atoms with E-state index >= 15 is 0 Å². The summed E-state index contributed by atoms with van der Waals surface area (Å²) in [7, 11) is 0. The van der Waals surface area contributed by atoms with Crippen LogP contribution in [0.2, 0.25) is 0 Å². The van der Waals surface area contributed by atoms with Gasteiger partial charge in [-0.15, -0.1) is 0 Å². The molecule has 1 saturated heterocycles. The molecular weight excluding hydrogens is 160 g/mol. The third-order valence-corrected chi connectivity index (χ3v) is 3.69. The second kappa shape index (κ2) is 3.97. The lowest BCUT2D eigenvalue weighted by molar-refractivity contribution is -0.918. The molecule has 0 radical (unpaired) electrons. The highest BCUT2D eigenvalue weighted by atomic mass is 15.5. The Hall–Kier alpha value is -0.0800. The average molecular weight is 185 g/mol. The van der Waals surface area contributed by atoms with Crippen LogP contribution in [0.4, 0.5) is 0 Å². The Morgan fingerprint density at radius 3 is 2.08 bits per heavy atom. The van der Waals surface area contributed by atoms with Gasteiger partial charge in [0.15, 0.2) is 0 Å². The van der Waals surface area contributed by atoms with E-state index in [-0.39, 0.29) is 0 Å². The maximum absolute atomic E-state index is 2.63. The fraction of sp³-hybridized carbons (Fsp3) is 1.00. The number of rotatable bonds is 3. The van der Waals surface area contributed by atoms with Gasteiger partial charge in [0.25, 0.3) is 0 Å². The molecule has 13 heavy (non-hydrogen) atoms. The summed E-state index contributed by atoms with van der Waals surface area (Å²) in [6, 6.07) is 1.47. The maximum Gasteiger partial charge on any atom is 0.135 e. The van der Waals surface area contributed by atoms with Gasteiger partial charge < -0.3 is 4.48 Å². The van der Waals surface area contributed by atoms with E-state index in [1.165, 1.54) is 30.8 Å². The molecule has 1 aliphatic heterocycles. The molecule has 1 unspecified atom stereocenters.